The van der Waals surface area contributed by atoms with Crippen LogP contribution >= 0.6 is 0 Å². The molecule has 1 aliphatic rings. The first-order chi connectivity index (χ1) is 8.69. The maximum absolute atomic E-state index is 12.3. The number of phenols is 1. The SMILES string of the molecule is CCCCC(=O)c1c(O)c(CN)cc2c1CCC2. The van der Waals surface area contributed by atoms with E-state index in [1.165, 1.54) is 5.56 Å². The smallest absolute Gasteiger partial charge is 0.166 e. The molecule has 18 heavy (non-hydrogen) atoms. The van der Waals surface area contributed by atoms with Crippen molar-refractivity contribution in [3.05, 3.63) is 28.3 Å². The highest BCUT2D eigenvalue weighted by Crippen LogP contribution is 2.35. The molecule has 98 valence electrons. The summed E-state index contributed by atoms with van der Waals surface area (Å²) < 4.78 is 0. The number of aryl methyl sites for hydroxylation is 1. The summed E-state index contributed by atoms with van der Waals surface area (Å²) in [7, 11) is 0. The molecule has 1 aromatic rings. The molecule has 0 fully saturated rings. The third-order valence-electron chi connectivity index (χ3n) is 3.71. The van der Waals surface area contributed by atoms with Crippen LogP contribution in [0.1, 0.15) is 59.7 Å². The van der Waals surface area contributed by atoms with E-state index in [9.17, 15) is 9.90 Å². The Bertz CT molecular complexity index is 465. The zero-order valence-corrected chi connectivity index (χ0v) is 11.0. The molecule has 3 nitrogen and oxygen atoms in total. The summed E-state index contributed by atoms with van der Waals surface area (Å²) in [6.45, 7) is 2.35. The van der Waals surface area contributed by atoms with Gasteiger partial charge in [0.25, 0.3) is 0 Å². The number of unbranched alkanes of at least 4 members (excludes halogenated alkanes) is 1. The first-order valence-electron chi connectivity index (χ1n) is 6.78. The van der Waals surface area contributed by atoms with Crippen molar-refractivity contribution >= 4 is 5.78 Å². The fraction of sp³-hybridized carbons (Fsp3) is 0.533. The van der Waals surface area contributed by atoms with Gasteiger partial charge in [0.05, 0.1) is 5.56 Å². The zero-order chi connectivity index (χ0) is 13.1. The predicted molar refractivity (Wildman–Crippen MR) is 71.9 cm³/mol. The molecule has 3 N–H and O–H groups in total. The lowest BCUT2D eigenvalue weighted by Gasteiger charge is -2.13. The van der Waals surface area contributed by atoms with Crippen molar-refractivity contribution in [2.24, 2.45) is 5.73 Å². The summed E-state index contributed by atoms with van der Waals surface area (Å²) in [6, 6.07) is 1.97. The zero-order valence-electron chi connectivity index (χ0n) is 11.0. The number of aromatic hydroxyl groups is 1. The van der Waals surface area contributed by atoms with Crippen LogP contribution in [0.25, 0.3) is 0 Å². The van der Waals surface area contributed by atoms with Crippen molar-refractivity contribution in [3.63, 3.8) is 0 Å². The number of carbonyl (C=O) groups excluding carboxylic acids is 1. The molecule has 2 rings (SSSR count). The molecule has 1 aromatic carbocycles. The number of phenolic OH excluding ortho intramolecular Hbond substituents is 1. The topological polar surface area (TPSA) is 63.3 Å². The van der Waals surface area contributed by atoms with Gasteiger partial charge in [-0.2, -0.15) is 0 Å². The van der Waals surface area contributed by atoms with Gasteiger partial charge in [-0.1, -0.05) is 19.4 Å². The summed E-state index contributed by atoms with van der Waals surface area (Å²) in [5.41, 5.74) is 9.16. The number of nitrogens with two attached hydrogens (primary N) is 1. The predicted octanol–water partition coefficient (Wildman–Crippen LogP) is 2.71. The summed E-state index contributed by atoms with van der Waals surface area (Å²) in [5.74, 6) is 0.196. The fourth-order valence-electron chi connectivity index (χ4n) is 2.71. The van der Waals surface area contributed by atoms with Crippen LogP contribution in [-0.4, -0.2) is 10.9 Å². The highest BCUT2D eigenvalue weighted by molar-refractivity contribution is 6.01. The number of fused-ring (bicyclic) bond motifs is 1. The molecule has 0 radical (unpaired) electrons. The largest absolute Gasteiger partial charge is 0.507 e. The van der Waals surface area contributed by atoms with Crippen LogP contribution in [0.5, 0.6) is 5.75 Å². The number of hydrogen-bond donors (Lipinski definition) is 2. The minimum absolute atomic E-state index is 0.0720. The van der Waals surface area contributed by atoms with Gasteiger partial charge in [-0.25, -0.2) is 0 Å². The molecule has 0 amide bonds. The van der Waals surface area contributed by atoms with Crippen molar-refractivity contribution in [2.75, 3.05) is 0 Å². The Morgan fingerprint density at radius 2 is 2.22 bits per heavy atom. The van der Waals surface area contributed by atoms with Gasteiger partial charge in [0.15, 0.2) is 5.78 Å². The number of Topliss-reactive ketones (excluding diaryl/α,β-unsaturated/α-hetero) is 1. The van der Waals surface area contributed by atoms with Gasteiger partial charge in [-0.15, -0.1) is 0 Å². The minimum atomic E-state index is 0.0720. The van der Waals surface area contributed by atoms with E-state index in [1.807, 2.05) is 6.07 Å². The van der Waals surface area contributed by atoms with Crippen molar-refractivity contribution in [1.29, 1.82) is 0 Å². The van der Waals surface area contributed by atoms with Crippen LogP contribution in [0.4, 0.5) is 0 Å². The molecular formula is C15H21NO2. The Hall–Kier alpha value is -1.35. The van der Waals surface area contributed by atoms with E-state index in [4.69, 9.17) is 5.73 Å². The van der Waals surface area contributed by atoms with E-state index in [2.05, 4.69) is 6.92 Å². The first-order valence-corrected chi connectivity index (χ1v) is 6.78. The second kappa shape index (κ2) is 5.53. The van der Waals surface area contributed by atoms with E-state index >= 15 is 0 Å². The van der Waals surface area contributed by atoms with Gasteiger partial charge in [0, 0.05) is 18.5 Å². The maximum Gasteiger partial charge on any atom is 0.166 e. The van der Waals surface area contributed by atoms with Crippen LogP contribution in [-0.2, 0) is 19.4 Å². The normalized spacial score (nSPS) is 13.7. The van der Waals surface area contributed by atoms with Crippen LogP contribution in [0, 0.1) is 0 Å². The molecule has 0 spiro atoms. The van der Waals surface area contributed by atoms with Gasteiger partial charge in [-0.05, 0) is 36.8 Å². The Morgan fingerprint density at radius 3 is 2.89 bits per heavy atom. The molecule has 0 saturated carbocycles. The van der Waals surface area contributed by atoms with E-state index in [0.717, 1.165) is 37.7 Å². The molecule has 0 bridgehead atoms. The molecule has 0 saturated heterocycles. The van der Waals surface area contributed by atoms with Gasteiger partial charge < -0.3 is 10.8 Å². The van der Waals surface area contributed by atoms with Gasteiger partial charge in [0.2, 0.25) is 0 Å². The lowest BCUT2D eigenvalue weighted by molar-refractivity contribution is 0.0976. The average molecular weight is 247 g/mol. The molecular weight excluding hydrogens is 226 g/mol. The van der Waals surface area contributed by atoms with Crippen LogP contribution in [0.15, 0.2) is 6.07 Å². The lowest BCUT2D eigenvalue weighted by Crippen LogP contribution is -2.08. The highest BCUT2D eigenvalue weighted by atomic mass is 16.3. The van der Waals surface area contributed by atoms with Gasteiger partial charge >= 0.3 is 0 Å². The standard InChI is InChI=1S/C15H21NO2/c1-2-3-7-13(17)14-12-6-4-5-10(12)8-11(9-16)15(14)18/h8,18H,2-7,9,16H2,1H3. The Labute approximate surface area is 108 Å². The minimum Gasteiger partial charge on any atom is -0.507 e. The van der Waals surface area contributed by atoms with Gasteiger partial charge in [0.1, 0.15) is 5.75 Å². The number of rotatable bonds is 5. The Kier molecular flexibility index (Phi) is 4.02. The summed E-state index contributed by atoms with van der Waals surface area (Å²) in [6.07, 6.45) is 5.35. The molecule has 3 heteroatoms. The third-order valence-corrected chi connectivity index (χ3v) is 3.71. The molecule has 0 atom stereocenters. The second-order valence-electron chi connectivity index (χ2n) is 4.98. The number of carbonyl (C=O) groups is 1. The molecule has 0 aromatic heterocycles. The number of hydrogen-bond acceptors (Lipinski definition) is 3. The monoisotopic (exact) mass is 247 g/mol. The van der Waals surface area contributed by atoms with E-state index < -0.39 is 0 Å². The van der Waals surface area contributed by atoms with Crippen molar-refractivity contribution in [2.45, 2.75) is 52.0 Å². The Morgan fingerprint density at radius 1 is 1.44 bits per heavy atom. The number of benzene rings is 1. The van der Waals surface area contributed by atoms with E-state index in [-0.39, 0.29) is 18.1 Å². The maximum atomic E-state index is 12.3. The van der Waals surface area contributed by atoms with Crippen molar-refractivity contribution in [3.8, 4) is 5.75 Å². The molecule has 0 heterocycles. The Balaban J connectivity index is 2.44. The molecule has 0 aliphatic heterocycles. The van der Waals surface area contributed by atoms with Crippen LogP contribution < -0.4 is 5.73 Å². The van der Waals surface area contributed by atoms with Crippen molar-refractivity contribution < 1.29 is 9.90 Å². The van der Waals surface area contributed by atoms with Crippen LogP contribution in [0.3, 0.4) is 0 Å². The first kappa shape index (κ1) is 13.1. The summed E-state index contributed by atoms with van der Waals surface area (Å²) in [4.78, 5) is 12.3. The summed E-state index contributed by atoms with van der Waals surface area (Å²) in [5, 5.41) is 10.2. The quantitative estimate of drug-likeness (QED) is 0.786. The van der Waals surface area contributed by atoms with Gasteiger partial charge in [-0.3, -0.25) is 4.79 Å². The molecule has 1 aliphatic carbocycles. The van der Waals surface area contributed by atoms with Crippen molar-refractivity contribution in [1.82, 2.24) is 0 Å². The summed E-state index contributed by atoms with van der Waals surface area (Å²) >= 11 is 0. The second-order valence-corrected chi connectivity index (χ2v) is 4.98. The number of ketones is 1. The highest BCUT2D eigenvalue weighted by Gasteiger charge is 2.24. The third kappa shape index (κ3) is 2.27. The fourth-order valence-corrected chi connectivity index (χ4v) is 2.71. The molecule has 0 unspecified atom stereocenters. The van der Waals surface area contributed by atoms with E-state index in [0.29, 0.717) is 17.5 Å². The lowest BCUT2D eigenvalue weighted by atomic mass is 9.93. The average Bonchev–Trinajstić information content (AvgIpc) is 2.82. The van der Waals surface area contributed by atoms with Crippen LogP contribution in [0.2, 0.25) is 0 Å². The van der Waals surface area contributed by atoms with E-state index in [1.54, 1.807) is 0 Å².